The molecule has 3 heteroatoms. The van der Waals surface area contributed by atoms with Gasteiger partial charge in [-0.1, -0.05) is 35.9 Å². The van der Waals surface area contributed by atoms with Crippen LogP contribution in [-0.4, -0.2) is 13.0 Å². The number of hydrogen-bond donors (Lipinski definition) is 1. The van der Waals surface area contributed by atoms with Crippen molar-refractivity contribution in [2.24, 2.45) is 0 Å². The highest BCUT2D eigenvalue weighted by atomic mass is 16.5. The van der Waals surface area contributed by atoms with E-state index in [2.05, 4.69) is 37.4 Å². The van der Waals surface area contributed by atoms with E-state index in [1.807, 2.05) is 31.2 Å². The van der Waals surface area contributed by atoms with Gasteiger partial charge in [0.15, 0.2) is 0 Å². The fourth-order valence-corrected chi connectivity index (χ4v) is 2.45. The Morgan fingerprint density at radius 1 is 1.13 bits per heavy atom. The topological polar surface area (TPSA) is 38.3 Å². The first-order valence-electron chi connectivity index (χ1n) is 7.69. The summed E-state index contributed by atoms with van der Waals surface area (Å²) in [6.07, 6.45) is 3.36. The zero-order chi connectivity index (χ0) is 16.8. The van der Waals surface area contributed by atoms with Crippen LogP contribution in [0.3, 0.4) is 0 Å². The Morgan fingerprint density at radius 2 is 1.83 bits per heavy atom. The van der Waals surface area contributed by atoms with Gasteiger partial charge in [0.2, 0.25) is 5.91 Å². The lowest BCUT2D eigenvalue weighted by Crippen LogP contribution is -2.25. The van der Waals surface area contributed by atoms with E-state index in [4.69, 9.17) is 4.74 Å². The standard InChI is InChI=1S/C20H23NO2/c1-14-5-6-15(2)19(13-14)16(3)21-20(22)12-9-17-7-10-18(23-4)11-8-17/h5-13,16H,1-4H3,(H,21,22)/b12-9+/t16-/m0/s1. The third-order valence-electron chi connectivity index (χ3n) is 3.80. The third kappa shape index (κ3) is 4.71. The summed E-state index contributed by atoms with van der Waals surface area (Å²) in [5, 5.41) is 3.01. The van der Waals surface area contributed by atoms with E-state index in [0.29, 0.717) is 0 Å². The predicted octanol–water partition coefficient (Wildman–Crippen LogP) is 4.20. The molecule has 0 saturated heterocycles. The molecule has 0 aliphatic rings. The molecule has 120 valence electrons. The van der Waals surface area contributed by atoms with Gasteiger partial charge in [-0.15, -0.1) is 0 Å². The summed E-state index contributed by atoms with van der Waals surface area (Å²) < 4.78 is 5.11. The van der Waals surface area contributed by atoms with E-state index in [-0.39, 0.29) is 11.9 Å². The maximum atomic E-state index is 12.1. The molecule has 0 aliphatic heterocycles. The summed E-state index contributed by atoms with van der Waals surface area (Å²) in [4.78, 5) is 12.1. The van der Waals surface area contributed by atoms with E-state index >= 15 is 0 Å². The van der Waals surface area contributed by atoms with Gasteiger partial charge in [0.25, 0.3) is 0 Å². The second-order valence-corrected chi connectivity index (χ2v) is 5.70. The molecular formula is C20H23NO2. The lowest BCUT2D eigenvalue weighted by atomic mass is 10.00. The lowest BCUT2D eigenvalue weighted by Gasteiger charge is -2.16. The van der Waals surface area contributed by atoms with Crippen LogP contribution in [0.1, 0.15) is 35.2 Å². The average molecular weight is 309 g/mol. The van der Waals surface area contributed by atoms with Crippen LogP contribution in [0.25, 0.3) is 6.08 Å². The smallest absolute Gasteiger partial charge is 0.244 e. The zero-order valence-electron chi connectivity index (χ0n) is 14.1. The summed E-state index contributed by atoms with van der Waals surface area (Å²) >= 11 is 0. The summed E-state index contributed by atoms with van der Waals surface area (Å²) in [5.41, 5.74) is 4.49. The molecule has 0 aromatic heterocycles. The van der Waals surface area contributed by atoms with Crippen LogP contribution in [0, 0.1) is 13.8 Å². The Labute approximate surface area is 138 Å². The second-order valence-electron chi connectivity index (χ2n) is 5.70. The molecule has 0 bridgehead atoms. The number of carbonyl (C=O) groups excluding carboxylic acids is 1. The highest BCUT2D eigenvalue weighted by Gasteiger charge is 2.10. The quantitative estimate of drug-likeness (QED) is 0.841. The van der Waals surface area contributed by atoms with Crippen molar-refractivity contribution in [1.82, 2.24) is 5.32 Å². The molecule has 0 radical (unpaired) electrons. The number of benzene rings is 2. The number of nitrogens with one attached hydrogen (secondary N) is 1. The van der Waals surface area contributed by atoms with Gasteiger partial charge in [-0.25, -0.2) is 0 Å². The molecule has 3 nitrogen and oxygen atoms in total. The van der Waals surface area contributed by atoms with Crippen LogP contribution in [0.4, 0.5) is 0 Å². The van der Waals surface area contributed by atoms with Crippen molar-refractivity contribution in [1.29, 1.82) is 0 Å². The molecule has 1 atom stereocenters. The number of rotatable bonds is 5. The number of amides is 1. The van der Waals surface area contributed by atoms with Crippen molar-refractivity contribution in [3.8, 4) is 5.75 Å². The molecule has 0 heterocycles. The number of hydrogen-bond acceptors (Lipinski definition) is 2. The second kappa shape index (κ2) is 7.63. The predicted molar refractivity (Wildman–Crippen MR) is 94.5 cm³/mol. The van der Waals surface area contributed by atoms with E-state index in [0.717, 1.165) is 16.9 Å². The first-order valence-corrected chi connectivity index (χ1v) is 7.69. The maximum absolute atomic E-state index is 12.1. The van der Waals surface area contributed by atoms with E-state index in [1.165, 1.54) is 11.1 Å². The van der Waals surface area contributed by atoms with E-state index < -0.39 is 0 Å². The monoisotopic (exact) mass is 309 g/mol. The molecular weight excluding hydrogens is 286 g/mol. The molecule has 23 heavy (non-hydrogen) atoms. The van der Waals surface area contributed by atoms with Crippen molar-refractivity contribution in [2.75, 3.05) is 7.11 Å². The first-order chi connectivity index (χ1) is 11.0. The van der Waals surface area contributed by atoms with E-state index in [1.54, 1.807) is 19.3 Å². The number of carbonyl (C=O) groups is 1. The van der Waals surface area contributed by atoms with Crippen molar-refractivity contribution in [2.45, 2.75) is 26.8 Å². The van der Waals surface area contributed by atoms with Gasteiger partial charge >= 0.3 is 0 Å². The molecule has 1 amide bonds. The van der Waals surface area contributed by atoms with Gasteiger partial charge in [-0.05, 0) is 55.7 Å². The van der Waals surface area contributed by atoms with Crippen LogP contribution in [-0.2, 0) is 4.79 Å². The third-order valence-corrected chi connectivity index (χ3v) is 3.80. The highest BCUT2D eigenvalue weighted by Crippen LogP contribution is 2.19. The Morgan fingerprint density at radius 3 is 2.48 bits per heavy atom. The summed E-state index contributed by atoms with van der Waals surface area (Å²) in [7, 11) is 1.63. The maximum Gasteiger partial charge on any atom is 0.244 e. The summed E-state index contributed by atoms with van der Waals surface area (Å²) in [5.74, 6) is 0.698. The average Bonchev–Trinajstić information content (AvgIpc) is 2.55. The molecule has 2 rings (SSSR count). The molecule has 0 spiro atoms. The number of methoxy groups -OCH3 is 1. The SMILES string of the molecule is COc1ccc(/C=C/C(=O)N[C@@H](C)c2cc(C)ccc2C)cc1. The van der Waals surface area contributed by atoms with E-state index in [9.17, 15) is 4.79 Å². The van der Waals surface area contributed by atoms with Crippen LogP contribution in [0.15, 0.2) is 48.5 Å². The Hall–Kier alpha value is -2.55. The molecule has 0 aliphatic carbocycles. The normalized spacial score (nSPS) is 12.2. The molecule has 0 unspecified atom stereocenters. The minimum Gasteiger partial charge on any atom is -0.497 e. The van der Waals surface area contributed by atoms with Gasteiger partial charge in [-0.3, -0.25) is 4.79 Å². The Bertz CT molecular complexity index is 702. The van der Waals surface area contributed by atoms with Crippen molar-refractivity contribution in [3.05, 3.63) is 70.8 Å². The van der Waals surface area contributed by atoms with Crippen molar-refractivity contribution >= 4 is 12.0 Å². The fraction of sp³-hybridized carbons (Fsp3) is 0.250. The van der Waals surface area contributed by atoms with Gasteiger partial charge in [0.1, 0.15) is 5.75 Å². The zero-order valence-corrected chi connectivity index (χ0v) is 14.1. The van der Waals surface area contributed by atoms with Crippen LogP contribution in [0.2, 0.25) is 0 Å². The minimum atomic E-state index is -0.103. The first kappa shape index (κ1) is 16.8. The largest absolute Gasteiger partial charge is 0.497 e. The van der Waals surface area contributed by atoms with Crippen LogP contribution < -0.4 is 10.1 Å². The number of ether oxygens (including phenoxy) is 1. The lowest BCUT2D eigenvalue weighted by molar-refractivity contribution is -0.117. The molecule has 1 N–H and O–H groups in total. The van der Waals surface area contributed by atoms with Gasteiger partial charge in [-0.2, -0.15) is 0 Å². The fourth-order valence-electron chi connectivity index (χ4n) is 2.45. The Kier molecular flexibility index (Phi) is 5.58. The molecule has 0 fully saturated rings. The van der Waals surface area contributed by atoms with Gasteiger partial charge < -0.3 is 10.1 Å². The van der Waals surface area contributed by atoms with Crippen molar-refractivity contribution < 1.29 is 9.53 Å². The van der Waals surface area contributed by atoms with Crippen LogP contribution in [0.5, 0.6) is 5.75 Å². The molecule has 2 aromatic carbocycles. The molecule has 2 aromatic rings. The highest BCUT2D eigenvalue weighted by molar-refractivity contribution is 5.92. The molecule has 0 saturated carbocycles. The van der Waals surface area contributed by atoms with Crippen molar-refractivity contribution in [3.63, 3.8) is 0 Å². The van der Waals surface area contributed by atoms with Gasteiger partial charge in [0.05, 0.1) is 13.2 Å². The minimum absolute atomic E-state index is 0.0251. The van der Waals surface area contributed by atoms with Gasteiger partial charge in [0, 0.05) is 6.08 Å². The Balaban J connectivity index is 2.00. The summed E-state index contributed by atoms with van der Waals surface area (Å²) in [6, 6.07) is 13.8. The number of aryl methyl sites for hydroxylation is 2. The summed E-state index contributed by atoms with van der Waals surface area (Å²) in [6.45, 7) is 6.12. The van der Waals surface area contributed by atoms with Crippen LogP contribution >= 0.6 is 0 Å².